The van der Waals surface area contributed by atoms with E-state index in [9.17, 15) is 0 Å². The lowest BCUT2D eigenvalue weighted by Gasteiger charge is -2.04. The van der Waals surface area contributed by atoms with Gasteiger partial charge in [0, 0.05) is 16.6 Å². The van der Waals surface area contributed by atoms with E-state index in [-0.39, 0.29) is 0 Å². The molecule has 18 heavy (non-hydrogen) atoms. The Hall–Kier alpha value is -1.28. The maximum Gasteiger partial charge on any atom is 0.0461 e. The van der Waals surface area contributed by atoms with Crippen LogP contribution >= 0.6 is 0 Å². The van der Waals surface area contributed by atoms with Crippen molar-refractivity contribution in [2.45, 2.75) is 39.5 Å². The molecule has 1 aromatic heterocycles. The highest BCUT2D eigenvalue weighted by atomic mass is 14.8. The Morgan fingerprint density at radius 3 is 2.78 bits per heavy atom. The molecule has 0 amide bonds. The number of rotatable bonds is 4. The molecule has 0 radical (unpaired) electrons. The standard InChI is InChI=1S/C16H22N2/c1-3-17-8-7-14-11(2)18-16-10-13-6-4-5-12(13)9-15(14)16/h9-10,17-18H,3-8H2,1-2H3. The number of nitrogens with one attached hydrogen (secondary N) is 2. The Labute approximate surface area is 109 Å². The van der Waals surface area contributed by atoms with Gasteiger partial charge in [0.05, 0.1) is 0 Å². The minimum Gasteiger partial charge on any atom is -0.358 e. The van der Waals surface area contributed by atoms with Crippen molar-refractivity contribution >= 4 is 10.9 Å². The number of H-pyrrole nitrogens is 1. The molecule has 3 rings (SSSR count). The predicted octanol–water partition coefficient (Wildman–Crippen LogP) is 3.12. The maximum atomic E-state index is 3.56. The van der Waals surface area contributed by atoms with Gasteiger partial charge in [0.25, 0.3) is 0 Å². The van der Waals surface area contributed by atoms with Crippen molar-refractivity contribution in [3.63, 3.8) is 0 Å². The van der Waals surface area contributed by atoms with E-state index < -0.39 is 0 Å². The number of aryl methyl sites for hydroxylation is 3. The Balaban J connectivity index is 1.99. The zero-order valence-electron chi connectivity index (χ0n) is 11.4. The van der Waals surface area contributed by atoms with E-state index in [4.69, 9.17) is 0 Å². The van der Waals surface area contributed by atoms with Crippen LogP contribution in [-0.4, -0.2) is 18.1 Å². The highest BCUT2D eigenvalue weighted by molar-refractivity contribution is 5.86. The summed E-state index contributed by atoms with van der Waals surface area (Å²) in [4.78, 5) is 3.56. The van der Waals surface area contributed by atoms with Crippen LogP contribution in [0.5, 0.6) is 0 Å². The summed E-state index contributed by atoms with van der Waals surface area (Å²) in [7, 11) is 0. The molecule has 0 saturated carbocycles. The summed E-state index contributed by atoms with van der Waals surface area (Å²) in [5.41, 5.74) is 7.31. The van der Waals surface area contributed by atoms with Gasteiger partial charge in [-0.05, 0) is 74.5 Å². The molecule has 1 heterocycles. The predicted molar refractivity (Wildman–Crippen MR) is 77.3 cm³/mol. The molecule has 2 N–H and O–H groups in total. The molecule has 1 aromatic carbocycles. The minimum absolute atomic E-state index is 1.05. The summed E-state index contributed by atoms with van der Waals surface area (Å²) in [6.07, 6.45) is 4.98. The lowest BCUT2D eigenvalue weighted by molar-refractivity contribution is 0.716. The first-order valence-electron chi connectivity index (χ1n) is 7.13. The maximum absolute atomic E-state index is 3.56. The number of hydrogen-bond donors (Lipinski definition) is 2. The lowest BCUT2D eigenvalue weighted by atomic mass is 10.0. The van der Waals surface area contributed by atoms with E-state index in [0.29, 0.717) is 0 Å². The number of hydrogen-bond acceptors (Lipinski definition) is 1. The quantitative estimate of drug-likeness (QED) is 0.792. The molecule has 2 aromatic rings. The molecule has 0 spiro atoms. The molecule has 0 saturated heterocycles. The van der Waals surface area contributed by atoms with Crippen molar-refractivity contribution in [2.75, 3.05) is 13.1 Å². The molecule has 0 bridgehead atoms. The number of fused-ring (bicyclic) bond motifs is 2. The first-order valence-corrected chi connectivity index (χ1v) is 7.13. The Kier molecular flexibility index (Phi) is 3.13. The van der Waals surface area contributed by atoms with Gasteiger partial charge in [0.1, 0.15) is 0 Å². The monoisotopic (exact) mass is 242 g/mol. The van der Waals surface area contributed by atoms with Gasteiger partial charge in [0.2, 0.25) is 0 Å². The molecule has 2 nitrogen and oxygen atoms in total. The summed E-state index contributed by atoms with van der Waals surface area (Å²) in [5.74, 6) is 0. The second-order valence-corrected chi connectivity index (χ2v) is 5.35. The largest absolute Gasteiger partial charge is 0.358 e. The molecule has 1 aliphatic carbocycles. The van der Waals surface area contributed by atoms with Crippen molar-refractivity contribution in [3.05, 3.63) is 34.5 Å². The summed E-state index contributed by atoms with van der Waals surface area (Å²) < 4.78 is 0. The van der Waals surface area contributed by atoms with Crippen LogP contribution in [0.3, 0.4) is 0 Å². The molecule has 2 heteroatoms. The molecular formula is C16H22N2. The molecule has 0 fully saturated rings. The zero-order chi connectivity index (χ0) is 12.5. The second kappa shape index (κ2) is 4.77. The van der Waals surface area contributed by atoms with Crippen molar-refractivity contribution in [1.29, 1.82) is 0 Å². The normalized spacial score (nSPS) is 14.3. The summed E-state index contributed by atoms with van der Waals surface area (Å²) in [6.45, 7) is 6.49. The number of likely N-dealkylation sites (N-methyl/N-ethyl adjacent to an activating group) is 1. The van der Waals surface area contributed by atoms with Crippen LogP contribution in [0.15, 0.2) is 12.1 Å². The Morgan fingerprint density at radius 1 is 1.22 bits per heavy atom. The van der Waals surface area contributed by atoms with E-state index in [2.05, 4.69) is 36.3 Å². The van der Waals surface area contributed by atoms with Gasteiger partial charge in [-0.1, -0.05) is 6.92 Å². The van der Waals surface area contributed by atoms with Crippen molar-refractivity contribution in [1.82, 2.24) is 10.3 Å². The fraction of sp³-hybridized carbons (Fsp3) is 0.500. The summed E-state index contributed by atoms with van der Waals surface area (Å²) in [5, 5.41) is 4.87. The van der Waals surface area contributed by atoms with Crippen LogP contribution in [0.2, 0.25) is 0 Å². The number of benzene rings is 1. The molecular weight excluding hydrogens is 220 g/mol. The van der Waals surface area contributed by atoms with Gasteiger partial charge in [0.15, 0.2) is 0 Å². The highest BCUT2D eigenvalue weighted by Crippen LogP contribution is 2.30. The van der Waals surface area contributed by atoms with E-state index in [1.54, 1.807) is 11.1 Å². The first kappa shape index (κ1) is 11.8. The third-order valence-electron chi connectivity index (χ3n) is 4.13. The average Bonchev–Trinajstić information content (AvgIpc) is 2.91. The van der Waals surface area contributed by atoms with Crippen molar-refractivity contribution in [3.8, 4) is 0 Å². The number of aromatic nitrogens is 1. The van der Waals surface area contributed by atoms with Crippen LogP contribution in [-0.2, 0) is 19.3 Å². The van der Waals surface area contributed by atoms with E-state index in [1.807, 2.05) is 0 Å². The lowest BCUT2D eigenvalue weighted by Crippen LogP contribution is -2.16. The average molecular weight is 242 g/mol. The SMILES string of the molecule is CCNCCc1c(C)[nH]c2cc3c(cc12)CCC3. The molecule has 0 unspecified atom stereocenters. The van der Waals surface area contributed by atoms with Gasteiger partial charge in [-0.3, -0.25) is 0 Å². The fourth-order valence-electron chi connectivity index (χ4n) is 3.17. The molecule has 96 valence electrons. The van der Waals surface area contributed by atoms with E-state index in [1.165, 1.54) is 41.4 Å². The third-order valence-corrected chi connectivity index (χ3v) is 4.13. The summed E-state index contributed by atoms with van der Waals surface area (Å²) in [6, 6.07) is 4.81. The van der Waals surface area contributed by atoms with E-state index >= 15 is 0 Å². The zero-order valence-corrected chi connectivity index (χ0v) is 11.4. The van der Waals surface area contributed by atoms with E-state index in [0.717, 1.165) is 19.5 Å². The van der Waals surface area contributed by atoms with Gasteiger partial charge >= 0.3 is 0 Å². The topological polar surface area (TPSA) is 27.8 Å². The molecule has 0 atom stereocenters. The third kappa shape index (κ3) is 1.95. The van der Waals surface area contributed by atoms with Crippen LogP contribution < -0.4 is 5.32 Å². The van der Waals surface area contributed by atoms with Gasteiger partial charge in [-0.15, -0.1) is 0 Å². The Bertz CT molecular complexity index is 566. The van der Waals surface area contributed by atoms with Crippen LogP contribution in [0.4, 0.5) is 0 Å². The van der Waals surface area contributed by atoms with Gasteiger partial charge in [-0.25, -0.2) is 0 Å². The van der Waals surface area contributed by atoms with Crippen molar-refractivity contribution in [2.24, 2.45) is 0 Å². The van der Waals surface area contributed by atoms with Crippen LogP contribution in [0.1, 0.15) is 35.7 Å². The van der Waals surface area contributed by atoms with Crippen LogP contribution in [0.25, 0.3) is 10.9 Å². The van der Waals surface area contributed by atoms with Gasteiger partial charge in [-0.2, -0.15) is 0 Å². The number of aromatic amines is 1. The summed E-state index contributed by atoms with van der Waals surface area (Å²) >= 11 is 0. The van der Waals surface area contributed by atoms with Crippen LogP contribution in [0, 0.1) is 6.92 Å². The minimum atomic E-state index is 1.05. The fourth-order valence-corrected chi connectivity index (χ4v) is 3.17. The molecule has 1 aliphatic rings. The molecule has 0 aliphatic heterocycles. The van der Waals surface area contributed by atoms with Gasteiger partial charge < -0.3 is 10.3 Å². The highest BCUT2D eigenvalue weighted by Gasteiger charge is 2.15. The smallest absolute Gasteiger partial charge is 0.0461 e. The second-order valence-electron chi connectivity index (χ2n) is 5.35. The Morgan fingerprint density at radius 2 is 2.00 bits per heavy atom. The first-order chi connectivity index (χ1) is 8.79. The van der Waals surface area contributed by atoms with Crippen molar-refractivity contribution < 1.29 is 0 Å².